The number of nitrogens with two attached hydrogens (primary N) is 1. The second-order valence-electron chi connectivity index (χ2n) is 7.30. The smallest absolute Gasteiger partial charge is 0.127 e. The van der Waals surface area contributed by atoms with Crippen molar-refractivity contribution in [3.63, 3.8) is 0 Å². The summed E-state index contributed by atoms with van der Waals surface area (Å²) < 4.78 is 6.00. The molecule has 1 aliphatic rings. The second-order valence-corrected chi connectivity index (χ2v) is 7.30. The Morgan fingerprint density at radius 3 is 2.32 bits per heavy atom. The van der Waals surface area contributed by atoms with Crippen molar-refractivity contribution in [2.45, 2.75) is 38.6 Å². The largest absolute Gasteiger partial charge is 0.457 e. The van der Waals surface area contributed by atoms with Gasteiger partial charge in [0.15, 0.2) is 0 Å². The third-order valence-electron chi connectivity index (χ3n) is 5.39. The average Bonchev–Trinajstić information content (AvgIpc) is 2.64. The van der Waals surface area contributed by atoms with Gasteiger partial charge in [0.2, 0.25) is 0 Å². The molecular formula is C22H30N2O. The van der Waals surface area contributed by atoms with Crippen molar-refractivity contribution in [1.29, 1.82) is 0 Å². The van der Waals surface area contributed by atoms with E-state index in [0.717, 1.165) is 11.5 Å². The molecule has 0 saturated carbocycles. The summed E-state index contributed by atoms with van der Waals surface area (Å²) in [5.74, 6) is 2.83. The molecule has 1 saturated heterocycles. The number of piperidine rings is 1. The van der Waals surface area contributed by atoms with Gasteiger partial charge in [0.1, 0.15) is 11.5 Å². The minimum atomic E-state index is 0.411. The van der Waals surface area contributed by atoms with Crippen LogP contribution in [-0.4, -0.2) is 30.6 Å². The highest BCUT2D eigenvalue weighted by molar-refractivity contribution is 5.35. The minimum absolute atomic E-state index is 0.411. The Morgan fingerprint density at radius 2 is 1.68 bits per heavy atom. The fourth-order valence-corrected chi connectivity index (χ4v) is 3.87. The standard InChI is InChI=1S/C22H30N2O/c1-17(2)24-13-11-18(12-14-24)22(16-23)19-7-6-10-21(15-19)25-20-8-4-3-5-9-20/h3-10,15,17-18,22H,11-14,16,23H2,1-2H3. The number of hydrogen-bond acceptors (Lipinski definition) is 3. The van der Waals surface area contributed by atoms with Gasteiger partial charge < -0.3 is 15.4 Å². The number of nitrogens with zero attached hydrogens (tertiary/aromatic N) is 1. The molecule has 1 heterocycles. The van der Waals surface area contributed by atoms with E-state index in [1.165, 1.54) is 31.5 Å². The summed E-state index contributed by atoms with van der Waals surface area (Å²) in [5.41, 5.74) is 7.48. The molecule has 0 amide bonds. The molecule has 3 nitrogen and oxygen atoms in total. The van der Waals surface area contributed by atoms with Crippen molar-refractivity contribution in [2.75, 3.05) is 19.6 Å². The lowest BCUT2D eigenvalue weighted by atomic mass is 9.80. The topological polar surface area (TPSA) is 38.5 Å². The summed E-state index contributed by atoms with van der Waals surface area (Å²) in [7, 11) is 0. The van der Waals surface area contributed by atoms with E-state index in [-0.39, 0.29) is 0 Å². The Morgan fingerprint density at radius 1 is 1.00 bits per heavy atom. The molecule has 25 heavy (non-hydrogen) atoms. The van der Waals surface area contributed by atoms with E-state index in [9.17, 15) is 0 Å². The van der Waals surface area contributed by atoms with Crippen molar-refractivity contribution in [2.24, 2.45) is 11.7 Å². The van der Waals surface area contributed by atoms with Crippen LogP contribution in [0.4, 0.5) is 0 Å². The van der Waals surface area contributed by atoms with E-state index < -0.39 is 0 Å². The van der Waals surface area contributed by atoms with E-state index in [1.807, 2.05) is 36.4 Å². The van der Waals surface area contributed by atoms with Crippen LogP contribution in [0.2, 0.25) is 0 Å². The zero-order chi connectivity index (χ0) is 17.6. The van der Waals surface area contributed by atoms with Gasteiger partial charge in [-0.15, -0.1) is 0 Å². The first kappa shape index (κ1) is 18.0. The van der Waals surface area contributed by atoms with Crippen molar-refractivity contribution in [3.8, 4) is 11.5 Å². The molecule has 1 unspecified atom stereocenters. The van der Waals surface area contributed by atoms with Crippen LogP contribution < -0.4 is 10.5 Å². The Labute approximate surface area is 151 Å². The van der Waals surface area contributed by atoms with Crippen molar-refractivity contribution < 1.29 is 4.74 Å². The van der Waals surface area contributed by atoms with Gasteiger partial charge in [0.25, 0.3) is 0 Å². The highest BCUT2D eigenvalue weighted by Crippen LogP contribution is 2.34. The normalized spacial score (nSPS) is 17.6. The highest BCUT2D eigenvalue weighted by Gasteiger charge is 2.27. The van der Waals surface area contributed by atoms with Crippen molar-refractivity contribution >= 4 is 0 Å². The third kappa shape index (κ3) is 4.62. The quantitative estimate of drug-likeness (QED) is 0.834. The summed E-state index contributed by atoms with van der Waals surface area (Å²) in [6, 6.07) is 19.0. The Hall–Kier alpha value is -1.84. The van der Waals surface area contributed by atoms with Gasteiger partial charge >= 0.3 is 0 Å². The van der Waals surface area contributed by atoms with Gasteiger partial charge in [-0.2, -0.15) is 0 Å². The molecule has 2 aromatic rings. The lowest BCUT2D eigenvalue weighted by Gasteiger charge is -2.38. The number of ether oxygens (including phenoxy) is 1. The zero-order valence-corrected chi connectivity index (χ0v) is 15.4. The first-order valence-electron chi connectivity index (χ1n) is 9.44. The van der Waals surface area contributed by atoms with E-state index in [0.29, 0.717) is 24.4 Å². The van der Waals surface area contributed by atoms with Crippen molar-refractivity contribution in [1.82, 2.24) is 4.90 Å². The van der Waals surface area contributed by atoms with Gasteiger partial charge in [-0.05, 0) is 88.0 Å². The Bertz CT molecular complexity index is 648. The van der Waals surface area contributed by atoms with Gasteiger partial charge in [0.05, 0.1) is 0 Å². The van der Waals surface area contributed by atoms with Crippen LogP contribution in [-0.2, 0) is 0 Å². The van der Waals surface area contributed by atoms with Gasteiger partial charge in [-0.3, -0.25) is 0 Å². The van der Waals surface area contributed by atoms with E-state index in [1.54, 1.807) is 0 Å². The molecule has 0 aromatic heterocycles. The molecule has 1 atom stereocenters. The van der Waals surface area contributed by atoms with Crippen LogP contribution in [0.5, 0.6) is 11.5 Å². The highest BCUT2D eigenvalue weighted by atomic mass is 16.5. The molecule has 1 aliphatic heterocycles. The third-order valence-corrected chi connectivity index (χ3v) is 5.39. The monoisotopic (exact) mass is 338 g/mol. The molecule has 3 rings (SSSR count). The van der Waals surface area contributed by atoms with Crippen LogP contribution in [0.25, 0.3) is 0 Å². The van der Waals surface area contributed by atoms with Crippen LogP contribution in [0.15, 0.2) is 54.6 Å². The number of hydrogen-bond donors (Lipinski definition) is 1. The average molecular weight is 338 g/mol. The lowest BCUT2D eigenvalue weighted by molar-refractivity contribution is 0.138. The van der Waals surface area contributed by atoms with Crippen LogP contribution in [0.3, 0.4) is 0 Å². The van der Waals surface area contributed by atoms with Crippen LogP contribution in [0.1, 0.15) is 38.2 Å². The maximum Gasteiger partial charge on any atom is 0.127 e. The number of likely N-dealkylation sites (tertiary alicyclic amines) is 1. The van der Waals surface area contributed by atoms with E-state index in [2.05, 4.69) is 36.9 Å². The van der Waals surface area contributed by atoms with Crippen molar-refractivity contribution in [3.05, 3.63) is 60.2 Å². The number of para-hydroxylation sites is 1. The molecule has 0 aliphatic carbocycles. The molecule has 2 N–H and O–H groups in total. The number of benzene rings is 2. The fourth-order valence-electron chi connectivity index (χ4n) is 3.87. The fraction of sp³-hybridized carbons (Fsp3) is 0.455. The molecular weight excluding hydrogens is 308 g/mol. The van der Waals surface area contributed by atoms with Crippen LogP contribution >= 0.6 is 0 Å². The number of rotatable bonds is 6. The molecule has 3 heteroatoms. The molecule has 0 radical (unpaired) electrons. The maximum absolute atomic E-state index is 6.18. The van der Waals surface area contributed by atoms with Gasteiger partial charge in [0, 0.05) is 6.04 Å². The maximum atomic E-state index is 6.18. The molecule has 134 valence electrons. The second kappa shape index (κ2) is 8.50. The van der Waals surface area contributed by atoms with E-state index in [4.69, 9.17) is 10.5 Å². The Kier molecular flexibility index (Phi) is 6.11. The summed E-state index contributed by atoms with van der Waals surface area (Å²) in [6.45, 7) is 7.62. The molecule has 0 spiro atoms. The molecule has 1 fully saturated rings. The minimum Gasteiger partial charge on any atom is -0.457 e. The summed E-state index contributed by atoms with van der Waals surface area (Å²) in [6.07, 6.45) is 2.45. The first-order chi connectivity index (χ1) is 12.2. The molecule has 2 aromatic carbocycles. The van der Waals surface area contributed by atoms with E-state index >= 15 is 0 Å². The Balaban J connectivity index is 1.70. The zero-order valence-electron chi connectivity index (χ0n) is 15.4. The summed E-state index contributed by atoms with van der Waals surface area (Å²) in [4.78, 5) is 2.57. The predicted molar refractivity (Wildman–Crippen MR) is 104 cm³/mol. The summed E-state index contributed by atoms with van der Waals surface area (Å²) >= 11 is 0. The SMILES string of the molecule is CC(C)N1CCC(C(CN)c2cccc(Oc3ccccc3)c2)CC1. The lowest BCUT2D eigenvalue weighted by Crippen LogP contribution is -2.40. The van der Waals surface area contributed by atoms with Gasteiger partial charge in [-0.1, -0.05) is 30.3 Å². The summed E-state index contributed by atoms with van der Waals surface area (Å²) in [5, 5.41) is 0. The van der Waals surface area contributed by atoms with Gasteiger partial charge in [-0.25, -0.2) is 0 Å². The molecule has 0 bridgehead atoms. The first-order valence-corrected chi connectivity index (χ1v) is 9.44. The van der Waals surface area contributed by atoms with Crippen LogP contribution in [0, 0.1) is 5.92 Å². The predicted octanol–water partition coefficient (Wildman–Crippen LogP) is 4.64.